The lowest BCUT2D eigenvalue weighted by Crippen LogP contribution is -2.30. The number of carbonyl (C=O) groups is 1. The molecule has 0 aromatic heterocycles. The lowest BCUT2D eigenvalue weighted by molar-refractivity contribution is 0.0940. The minimum absolute atomic E-state index is 0.125. The first kappa shape index (κ1) is 19.3. The summed E-state index contributed by atoms with van der Waals surface area (Å²) in [6.45, 7) is 4.79. The fraction of sp³-hybridized carbons (Fsp3) is 0.240. The molecule has 1 amide bonds. The zero-order chi connectivity index (χ0) is 20.2. The fourth-order valence-corrected chi connectivity index (χ4v) is 3.82. The summed E-state index contributed by atoms with van der Waals surface area (Å²) in [6.07, 6.45) is 1.08. The summed E-state index contributed by atoms with van der Waals surface area (Å²) in [5, 5.41) is 2.97. The number of hydrogen-bond donors (Lipinski definition) is 1. The summed E-state index contributed by atoms with van der Waals surface area (Å²) < 4.78 is 13.1. The average molecular weight is 388 g/mol. The second-order valence-electron chi connectivity index (χ2n) is 7.67. The summed E-state index contributed by atoms with van der Waals surface area (Å²) >= 11 is 0. The van der Waals surface area contributed by atoms with Crippen molar-refractivity contribution in [1.29, 1.82) is 0 Å². The second-order valence-corrected chi connectivity index (χ2v) is 7.67. The monoisotopic (exact) mass is 388 g/mol. The molecule has 3 nitrogen and oxygen atoms in total. The van der Waals surface area contributed by atoms with Gasteiger partial charge in [-0.05, 0) is 59.9 Å². The molecule has 0 saturated heterocycles. The number of carbonyl (C=O) groups excluding carboxylic acids is 1. The number of fused-ring (bicyclic) bond motifs is 1. The standard InChI is InChI=1S/C25H25FN2O/c1-18(20-10-12-24(26)13-11-20)27-25(29)22-8-6-19(7-9-22)16-28-15-14-21-4-2-3-5-23(21)17-28/h2-13,18H,14-17H2,1H3,(H,27,29)/t18-/m1/s1. The maximum Gasteiger partial charge on any atom is 0.251 e. The fourth-order valence-electron chi connectivity index (χ4n) is 3.82. The molecule has 1 atom stereocenters. The summed E-state index contributed by atoms with van der Waals surface area (Å²) in [5.74, 6) is -0.402. The molecule has 3 aromatic rings. The number of rotatable bonds is 5. The van der Waals surface area contributed by atoms with E-state index in [2.05, 4.69) is 34.5 Å². The van der Waals surface area contributed by atoms with Crippen LogP contribution in [0.2, 0.25) is 0 Å². The van der Waals surface area contributed by atoms with Crippen molar-refractivity contribution in [2.75, 3.05) is 6.54 Å². The van der Waals surface area contributed by atoms with Crippen LogP contribution in [0.15, 0.2) is 72.8 Å². The lowest BCUT2D eigenvalue weighted by Gasteiger charge is -2.28. The molecule has 0 aliphatic carbocycles. The van der Waals surface area contributed by atoms with E-state index >= 15 is 0 Å². The van der Waals surface area contributed by atoms with Gasteiger partial charge in [0, 0.05) is 25.2 Å². The summed E-state index contributed by atoms with van der Waals surface area (Å²) in [6, 6.07) is 22.5. The quantitative estimate of drug-likeness (QED) is 0.676. The van der Waals surface area contributed by atoms with Gasteiger partial charge in [0.05, 0.1) is 6.04 Å². The van der Waals surface area contributed by atoms with Gasteiger partial charge in [0.1, 0.15) is 5.82 Å². The largest absolute Gasteiger partial charge is 0.346 e. The van der Waals surface area contributed by atoms with Crippen LogP contribution in [0.1, 0.15) is 45.6 Å². The van der Waals surface area contributed by atoms with Gasteiger partial charge in [-0.1, -0.05) is 48.5 Å². The number of amides is 1. The second kappa shape index (κ2) is 8.58. The van der Waals surface area contributed by atoms with E-state index in [1.807, 2.05) is 31.2 Å². The first-order chi connectivity index (χ1) is 14.1. The van der Waals surface area contributed by atoms with Gasteiger partial charge in [0.2, 0.25) is 0 Å². The van der Waals surface area contributed by atoms with Crippen LogP contribution in [0.4, 0.5) is 4.39 Å². The molecule has 3 aromatic carbocycles. The molecular formula is C25H25FN2O. The van der Waals surface area contributed by atoms with E-state index in [1.54, 1.807) is 12.1 Å². The van der Waals surface area contributed by atoms with Crippen molar-refractivity contribution >= 4 is 5.91 Å². The molecule has 4 rings (SSSR count). The lowest BCUT2D eigenvalue weighted by atomic mass is 9.99. The normalized spacial score (nSPS) is 14.8. The number of benzene rings is 3. The van der Waals surface area contributed by atoms with Crippen LogP contribution >= 0.6 is 0 Å². The molecule has 0 fully saturated rings. The molecule has 0 bridgehead atoms. The Balaban J connectivity index is 1.35. The first-order valence-corrected chi connectivity index (χ1v) is 10.0. The molecule has 0 spiro atoms. The Morgan fingerprint density at radius 1 is 1.00 bits per heavy atom. The van der Waals surface area contributed by atoms with Crippen LogP contribution in [0.3, 0.4) is 0 Å². The molecule has 1 aliphatic heterocycles. The third-order valence-corrected chi connectivity index (χ3v) is 5.55. The smallest absolute Gasteiger partial charge is 0.251 e. The minimum Gasteiger partial charge on any atom is -0.346 e. The van der Waals surface area contributed by atoms with Crippen molar-refractivity contribution < 1.29 is 9.18 Å². The Hall–Kier alpha value is -2.98. The van der Waals surface area contributed by atoms with E-state index < -0.39 is 0 Å². The highest BCUT2D eigenvalue weighted by molar-refractivity contribution is 5.94. The Bertz CT molecular complexity index is 982. The van der Waals surface area contributed by atoms with Gasteiger partial charge in [0.15, 0.2) is 0 Å². The average Bonchev–Trinajstić information content (AvgIpc) is 2.74. The van der Waals surface area contributed by atoms with E-state index in [-0.39, 0.29) is 17.8 Å². The highest BCUT2D eigenvalue weighted by Gasteiger charge is 2.16. The molecule has 29 heavy (non-hydrogen) atoms. The molecular weight excluding hydrogens is 363 g/mol. The number of hydrogen-bond acceptors (Lipinski definition) is 2. The Morgan fingerprint density at radius 3 is 2.41 bits per heavy atom. The molecule has 4 heteroatoms. The van der Waals surface area contributed by atoms with Crippen LogP contribution in [-0.2, 0) is 19.5 Å². The molecule has 1 heterocycles. The van der Waals surface area contributed by atoms with Crippen molar-refractivity contribution in [3.63, 3.8) is 0 Å². The van der Waals surface area contributed by atoms with E-state index in [1.165, 1.54) is 28.8 Å². The summed E-state index contributed by atoms with van der Waals surface area (Å²) in [4.78, 5) is 15.0. The van der Waals surface area contributed by atoms with E-state index in [0.717, 1.165) is 31.6 Å². The molecule has 0 unspecified atom stereocenters. The first-order valence-electron chi connectivity index (χ1n) is 10.0. The van der Waals surface area contributed by atoms with Gasteiger partial charge in [0.25, 0.3) is 5.91 Å². The van der Waals surface area contributed by atoms with E-state index in [9.17, 15) is 9.18 Å². The maximum atomic E-state index is 13.1. The number of nitrogens with one attached hydrogen (secondary N) is 1. The van der Waals surface area contributed by atoms with Crippen LogP contribution in [-0.4, -0.2) is 17.4 Å². The van der Waals surface area contributed by atoms with Gasteiger partial charge in [-0.2, -0.15) is 0 Å². The summed E-state index contributed by atoms with van der Waals surface area (Å²) in [5.41, 5.74) is 5.57. The molecule has 0 radical (unpaired) electrons. The maximum absolute atomic E-state index is 13.1. The van der Waals surface area contributed by atoms with Crippen molar-refractivity contribution in [3.05, 3.63) is 106 Å². The summed E-state index contributed by atoms with van der Waals surface area (Å²) in [7, 11) is 0. The van der Waals surface area contributed by atoms with Crippen LogP contribution in [0, 0.1) is 5.82 Å². The molecule has 0 saturated carbocycles. The van der Waals surface area contributed by atoms with Crippen LogP contribution < -0.4 is 5.32 Å². The zero-order valence-electron chi connectivity index (χ0n) is 16.6. The van der Waals surface area contributed by atoms with Gasteiger partial charge >= 0.3 is 0 Å². The van der Waals surface area contributed by atoms with Crippen molar-refractivity contribution in [2.45, 2.75) is 32.5 Å². The van der Waals surface area contributed by atoms with E-state index in [0.29, 0.717) is 5.56 Å². The topological polar surface area (TPSA) is 32.3 Å². The highest BCUT2D eigenvalue weighted by Crippen LogP contribution is 2.20. The number of nitrogens with zero attached hydrogens (tertiary/aromatic N) is 1. The zero-order valence-corrected chi connectivity index (χ0v) is 16.6. The predicted octanol–water partition coefficient (Wildman–Crippen LogP) is 4.88. The van der Waals surface area contributed by atoms with Crippen molar-refractivity contribution in [2.24, 2.45) is 0 Å². The Morgan fingerprint density at radius 2 is 1.69 bits per heavy atom. The van der Waals surface area contributed by atoms with Gasteiger partial charge in [-0.25, -0.2) is 4.39 Å². The van der Waals surface area contributed by atoms with Crippen LogP contribution in [0.5, 0.6) is 0 Å². The highest BCUT2D eigenvalue weighted by atomic mass is 19.1. The minimum atomic E-state index is -0.278. The van der Waals surface area contributed by atoms with Gasteiger partial charge in [-0.3, -0.25) is 9.69 Å². The van der Waals surface area contributed by atoms with Gasteiger partial charge < -0.3 is 5.32 Å². The molecule has 148 valence electrons. The third-order valence-electron chi connectivity index (χ3n) is 5.55. The van der Waals surface area contributed by atoms with Crippen molar-refractivity contribution in [3.8, 4) is 0 Å². The molecule has 1 N–H and O–H groups in total. The Kier molecular flexibility index (Phi) is 5.72. The van der Waals surface area contributed by atoms with Gasteiger partial charge in [-0.15, -0.1) is 0 Å². The van der Waals surface area contributed by atoms with Crippen molar-refractivity contribution in [1.82, 2.24) is 10.2 Å². The SMILES string of the molecule is C[C@@H](NC(=O)c1ccc(CN2CCc3ccccc3C2)cc1)c1ccc(F)cc1. The predicted molar refractivity (Wildman–Crippen MR) is 113 cm³/mol. The van der Waals surface area contributed by atoms with E-state index in [4.69, 9.17) is 0 Å². The number of halogens is 1. The third kappa shape index (κ3) is 4.72. The Labute approximate surface area is 171 Å². The molecule has 1 aliphatic rings. The van der Waals surface area contributed by atoms with Crippen LogP contribution in [0.25, 0.3) is 0 Å².